The minimum absolute atomic E-state index is 0.198. The molecule has 0 spiro atoms. The molecule has 2 aliphatic heterocycles. The molecule has 19 heavy (non-hydrogen) atoms. The molecule has 2 atom stereocenters. The normalized spacial score (nSPS) is 26.6. The van der Waals surface area contributed by atoms with E-state index in [1.165, 1.54) is 0 Å². The number of phenols is 1. The minimum atomic E-state index is 0.198. The molecule has 5 heteroatoms. The maximum atomic E-state index is 10.2. The number of phenolic OH excluding ortho intramolecular Hbond substituents is 1. The zero-order valence-electron chi connectivity index (χ0n) is 11.1. The summed E-state index contributed by atoms with van der Waals surface area (Å²) in [4.78, 5) is 2.24. The van der Waals surface area contributed by atoms with E-state index >= 15 is 0 Å². The van der Waals surface area contributed by atoms with Crippen molar-refractivity contribution in [3.05, 3.63) is 17.7 Å². The van der Waals surface area contributed by atoms with E-state index in [1.807, 2.05) is 6.07 Å². The Bertz CT molecular complexity index is 478. The van der Waals surface area contributed by atoms with Crippen molar-refractivity contribution in [2.75, 3.05) is 33.4 Å². The maximum absolute atomic E-state index is 10.2. The van der Waals surface area contributed by atoms with Gasteiger partial charge in [0.15, 0.2) is 11.5 Å². The standard InChI is InChI=1S/C14H20N2O3/c1-16-8-9(7-15)4-11(16)10-5-13-14(6-12(10)17)19-3-2-18-13/h5-6,9,11,17H,2-4,7-8,15H2,1H3. The predicted molar refractivity (Wildman–Crippen MR) is 71.6 cm³/mol. The van der Waals surface area contributed by atoms with Crippen LogP contribution >= 0.6 is 0 Å². The largest absolute Gasteiger partial charge is 0.507 e. The van der Waals surface area contributed by atoms with Crippen molar-refractivity contribution < 1.29 is 14.6 Å². The second-order valence-corrected chi connectivity index (χ2v) is 5.35. The van der Waals surface area contributed by atoms with Crippen molar-refractivity contribution in [2.45, 2.75) is 12.5 Å². The van der Waals surface area contributed by atoms with Crippen LogP contribution in [0.3, 0.4) is 0 Å². The summed E-state index contributed by atoms with van der Waals surface area (Å²) in [7, 11) is 2.07. The third-order valence-corrected chi connectivity index (χ3v) is 4.02. The molecule has 3 N–H and O–H groups in total. The number of hydrogen-bond acceptors (Lipinski definition) is 5. The molecule has 2 heterocycles. The molecule has 2 unspecified atom stereocenters. The average Bonchev–Trinajstić information content (AvgIpc) is 2.79. The van der Waals surface area contributed by atoms with Gasteiger partial charge < -0.3 is 20.3 Å². The monoisotopic (exact) mass is 264 g/mol. The van der Waals surface area contributed by atoms with Crippen LogP contribution in [0.25, 0.3) is 0 Å². The number of fused-ring (bicyclic) bond motifs is 1. The van der Waals surface area contributed by atoms with E-state index in [4.69, 9.17) is 15.2 Å². The van der Waals surface area contributed by atoms with Gasteiger partial charge in [-0.05, 0) is 32.0 Å². The molecule has 1 saturated heterocycles. The van der Waals surface area contributed by atoms with Gasteiger partial charge in [-0.25, -0.2) is 0 Å². The molecule has 2 aliphatic rings. The van der Waals surface area contributed by atoms with Crippen molar-refractivity contribution in [2.24, 2.45) is 11.7 Å². The van der Waals surface area contributed by atoms with Gasteiger partial charge >= 0.3 is 0 Å². The number of nitrogens with zero attached hydrogens (tertiary/aromatic N) is 1. The van der Waals surface area contributed by atoms with Gasteiger partial charge in [0.05, 0.1) is 0 Å². The molecule has 0 aliphatic carbocycles. The fourth-order valence-corrected chi connectivity index (χ4v) is 3.00. The number of aromatic hydroxyl groups is 1. The van der Waals surface area contributed by atoms with E-state index in [9.17, 15) is 5.11 Å². The molecule has 1 fully saturated rings. The van der Waals surface area contributed by atoms with Gasteiger partial charge in [-0.3, -0.25) is 4.90 Å². The average molecular weight is 264 g/mol. The second-order valence-electron chi connectivity index (χ2n) is 5.35. The van der Waals surface area contributed by atoms with Crippen molar-refractivity contribution in [3.8, 4) is 17.2 Å². The van der Waals surface area contributed by atoms with Crippen LogP contribution in [0.5, 0.6) is 17.2 Å². The molecule has 1 aromatic carbocycles. The van der Waals surface area contributed by atoms with Crippen LogP contribution < -0.4 is 15.2 Å². The van der Waals surface area contributed by atoms with Crippen LogP contribution in [0.15, 0.2) is 12.1 Å². The Morgan fingerprint density at radius 1 is 1.32 bits per heavy atom. The van der Waals surface area contributed by atoms with Crippen LogP contribution in [-0.2, 0) is 0 Å². The van der Waals surface area contributed by atoms with Gasteiger partial charge in [-0.2, -0.15) is 0 Å². The lowest BCUT2D eigenvalue weighted by atomic mass is 9.98. The van der Waals surface area contributed by atoms with Gasteiger partial charge in [-0.15, -0.1) is 0 Å². The van der Waals surface area contributed by atoms with Crippen LogP contribution in [0.4, 0.5) is 0 Å². The van der Waals surface area contributed by atoms with E-state index in [0.717, 1.165) is 24.3 Å². The van der Waals surface area contributed by atoms with Gasteiger partial charge in [0.25, 0.3) is 0 Å². The Morgan fingerprint density at radius 3 is 2.63 bits per heavy atom. The summed E-state index contributed by atoms with van der Waals surface area (Å²) >= 11 is 0. The van der Waals surface area contributed by atoms with E-state index in [-0.39, 0.29) is 11.8 Å². The molecular weight excluding hydrogens is 244 g/mol. The molecule has 1 aromatic rings. The number of ether oxygens (including phenoxy) is 2. The lowest BCUT2D eigenvalue weighted by molar-refractivity contribution is 0.170. The molecule has 0 saturated carbocycles. The topological polar surface area (TPSA) is 68.0 Å². The quantitative estimate of drug-likeness (QED) is 0.837. The van der Waals surface area contributed by atoms with E-state index in [1.54, 1.807) is 6.07 Å². The summed E-state index contributed by atoms with van der Waals surface area (Å²) < 4.78 is 11.1. The smallest absolute Gasteiger partial charge is 0.165 e. The molecular formula is C14H20N2O3. The third kappa shape index (κ3) is 2.24. The molecule has 104 valence electrons. The summed E-state index contributed by atoms with van der Waals surface area (Å²) in [5.74, 6) is 2.12. The Kier molecular flexibility index (Phi) is 3.24. The highest BCUT2D eigenvalue weighted by Gasteiger charge is 2.32. The van der Waals surface area contributed by atoms with Crippen molar-refractivity contribution in [1.29, 1.82) is 0 Å². The van der Waals surface area contributed by atoms with Crippen LogP contribution in [0.2, 0.25) is 0 Å². The molecule has 5 nitrogen and oxygen atoms in total. The number of hydrogen-bond donors (Lipinski definition) is 2. The van der Waals surface area contributed by atoms with Crippen molar-refractivity contribution in [1.82, 2.24) is 4.90 Å². The Balaban J connectivity index is 1.92. The SMILES string of the molecule is CN1CC(CN)CC1c1cc2c(cc1O)OCCO2. The highest BCUT2D eigenvalue weighted by atomic mass is 16.6. The number of nitrogens with two attached hydrogens (primary N) is 1. The zero-order valence-corrected chi connectivity index (χ0v) is 11.1. The Hall–Kier alpha value is -1.46. The lowest BCUT2D eigenvalue weighted by Gasteiger charge is -2.24. The number of benzene rings is 1. The van der Waals surface area contributed by atoms with E-state index < -0.39 is 0 Å². The van der Waals surface area contributed by atoms with Crippen LogP contribution in [0, 0.1) is 5.92 Å². The summed E-state index contributed by atoms with van der Waals surface area (Å²) in [5, 5.41) is 10.2. The fraction of sp³-hybridized carbons (Fsp3) is 0.571. The van der Waals surface area contributed by atoms with Crippen LogP contribution in [-0.4, -0.2) is 43.4 Å². The summed E-state index contributed by atoms with van der Waals surface area (Å²) in [6, 6.07) is 3.77. The first kappa shape index (κ1) is 12.6. The van der Waals surface area contributed by atoms with Crippen molar-refractivity contribution in [3.63, 3.8) is 0 Å². The van der Waals surface area contributed by atoms with Gasteiger partial charge in [0.1, 0.15) is 19.0 Å². The molecule has 0 aromatic heterocycles. The summed E-state index contributed by atoms with van der Waals surface area (Å²) in [6.45, 7) is 2.74. The Morgan fingerprint density at radius 2 is 2.00 bits per heavy atom. The number of likely N-dealkylation sites (tertiary alicyclic amines) is 1. The molecule has 0 amide bonds. The highest BCUT2D eigenvalue weighted by Crippen LogP contribution is 2.43. The minimum Gasteiger partial charge on any atom is -0.507 e. The maximum Gasteiger partial charge on any atom is 0.165 e. The molecule has 0 bridgehead atoms. The Labute approximate surface area is 112 Å². The first-order valence-electron chi connectivity index (χ1n) is 6.72. The number of rotatable bonds is 2. The molecule has 3 rings (SSSR count). The van der Waals surface area contributed by atoms with E-state index in [0.29, 0.717) is 31.4 Å². The second kappa shape index (κ2) is 4.90. The molecule has 0 radical (unpaired) electrons. The fourth-order valence-electron chi connectivity index (χ4n) is 3.00. The predicted octanol–water partition coefficient (Wildman–Crippen LogP) is 1.11. The van der Waals surface area contributed by atoms with E-state index in [2.05, 4.69) is 11.9 Å². The zero-order chi connectivity index (χ0) is 13.4. The third-order valence-electron chi connectivity index (χ3n) is 4.02. The highest BCUT2D eigenvalue weighted by molar-refractivity contribution is 5.52. The van der Waals surface area contributed by atoms with Crippen molar-refractivity contribution >= 4 is 0 Å². The first-order chi connectivity index (χ1) is 9.19. The summed E-state index contributed by atoms with van der Waals surface area (Å²) in [6.07, 6.45) is 0.972. The van der Waals surface area contributed by atoms with Crippen LogP contribution in [0.1, 0.15) is 18.0 Å². The summed E-state index contributed by atoms with van der Waals surface area (Å²) in [5.41, 5.74) is 6.66. The van der Waals surface area contributed by atoms with Gasteiger partial charge in [0.2, 0.25) is 0 Å². The van der Waals surface area contributed by atoms with Gasteiger partial charge in [0, 0.05) is 24.2 Å². The lowest BCUT2D eigenvalue weighted by Crippen LogP contribution is -2.21. The van der Waals surface area contributed by atoms with Gasteiger partial charge in [-0.1, -0.05) is 0 Å². The first-order valence-corrected chi connectivity index (χ1v) is 6.72.